The van der Waals surface area contributed by atoms with E-state index in [-0.39, 0.29) is 40.2 Å². The van der Waals surface area contributed by atoms with Gasteiger partial charge in [-0.15, -0.1) is 0 Å². The summed E-state index contributed by atoms with van der Waals surface area (Å²) in [5, 5.41) is 9.43. The van der Waals surface area contributed by atoms with Gasteiger partial charge in [0.05, 0.1) is 16.1 Å². The molecule has 0 bridgehead atoms. The van der Waals surface area contributed by atoms with Gasteiger partial charge in [-0.25, -0.2) is 9.18 Å². The first-order valence-corrected chi connectivity index (χ1v) is 15.5. The smallest absolute Gasteiger partial charge is 0.317 e. The summed E-state index contributed by atoms with van der Waals surface area (Å²) in [7, 11) is 1.58. The molecule has 3 aliphatic heterocycles. The van der Waals surface area contributed by atoms with Crippen LogP contribution in [0.4, 0.5) is 14.9 Å². The summed E-state index contributed by atoms with van der Waals surface area (Å²) in [5.74, 6) is -1.88. The quantitative estimate of drug-likeness (QED) is 0.299. The Morgan fingerprint density at radius 2 is 1.84 bits per heavy atom. The average molecular weight is 690 g/mol. The molecular weight excluding hydrogens is 662 g/mol. The lowest BCUT2D eigenvalue weighted by Crippen LogP contribution is -2.57. The highest BCUT2D eigenvalue weighted by Crippen LogP contribution is 2.59. The number of piperidine rings is 2. The van der Waals surface area contributed by atoms with Crippen LogP contribution in [0.3, 0.4) is 0 Å². The molecule has 0 saturated carbocycles. The van der Waals surface area contributed by atoms with Crippen LogP contribution in [0, 0.1) is 5.82 Å². The SMILES string of the molecule is CNC(=O)N1CCC(Oc2ccc(Br)c(F)c2[C@H]2NC(=O)C[C@@H](c3cccc(Cl)c3)C23C(=O)Nc2cc(Cl)ccc23)CC1. The van der Waals surface area contributed by atoms with E-state index in [4.69, 9.17) is 27.9 Å². The molecule has 6 rings (SSSR count). The molecule has 8 nitrogen and oxygen atoms in total. The molecule has 4 amide bonds. The molecule has 3 N–H and O–H groups in total. The van der Waals surface area contributed by atoms with Crippen LogP contribution in [0.2, 0.25) is 10.0 Å². The Labute approximate surface area is 266 Å². The second kappa shape index (κ2) is 11.6. The van der Waals surface area contributed by atoms with Crippen LogP contribution in [0.1, 0.15) is 47.9 Å². The standard InChI is InChI=1S/C31H28BrCl2FN4O4/c1-36-30(42)39-11-9-19(10-12-39)43-24-8-7-22(32)27(35)26(24)28-31(20-6-5-18(34)14-23(20)37-29(31)41)21(15-25(40)38-28)16-3-2-4-17(33)13-16/h2-8,13-14,19,21,28H,9-12,15H2,1H3,(H,36,42)(H,37,41)(H,38,40)/t21-,28+,31?/m0/s1. The average Bonchev–Trinajstić information content (AvgIpc) is 3.27. The highest BCUT2D eigenvalue weighted by Gasteiger charge is 2.62. The van der Waals surface area contributed by atoms with E-state index in [0.29, 0.717) is 52.8 Å². The van der Waals surface area contributed by atoms with Crippen molar-refractivity contribution in [1.82, 2.24) is 15.5 Å². The number of urea groups is 1. The predicted octanol–water partition coefficient (Wildman–Crippen LogP) is 6.31. The van der Waals surface area contributed by atoms with Gasteiger partial charge in [0.25, 0.3) is 0 Å². The molecule has 3 heterocycles. The zero-order valence-electron chi connectivity index (χ0n) is 23.1. The maximum Gasteiger partial charge on any atom is 0.317 e. The molecule has 2 fully saturated rings. The van der Waals surface area contributed by atoms with Gasteiger partial charge in [-0.1, -0.05) is 41.4 Å². The Bertz CT molecular complexity index is 1630. The molecule has 3 aromatic carbocycles. The number of carbonyl (C=O) groups excluding carboxylic acids is 3. The third kappa shape index (κ3) is 5.13. The number of carbonyl (C=O) groups is 3. The van der Waals surface area contributed by atoms with E-state index in [1.54, 1.807) is 60.5 Å². The number of nitrogens with zero attached hydrogens (tertiary/aromatic N) is 1. The van der Waals surface area contributed by atoms with Crippen LogP contribution in [-0.4, -0.2) is 49.0 Å². The molecule has 1 unspecified atom stereocenters. The Morgan fingerprint density at radius 1 is 1.09 bits per heavy atom. The van der Waals surface area contributed by atoms with Gasteiger partial charge in [0, 0.05) is 61.1 Å². The van der Waals surface area contributed by atoms with Gasteiger partial charge in [0.2, 0.25) is 11.8 Å². The number of nitrogens with one attached hydrogen (secondary N) is 3. The Morgan fingerprint density at radius 3 is 2.56 bits per heavy atom. The van der Waals surface area contributed by atoms with Crippen LogP contribution in [0.25, 0.3) is 0 Å². The van der Waals surface area contributed by atoms with Crippen molar-refractivity contribution in [3.05, 3.63) is 91.6 Å². The van der Waals surface area contributed by atoms with Crippen LogP contribution >= 0.6 is 39.1 Å². The monoisotopic (exact) mass is 688 g/mol. The Balaban J connectivity index is 1.51. The van der Waals surface area contributed by atoms with E-state index in [1.165, 1.54) is 0 Å². The van der Waals surface area contributed by atoms with E-state index >= 15 is 4.39 Å². The lowest BCUT2D eigenvalue weighted by Gasteiger charge is -2.47. The van der Waals surface area contributed by atoms with Crippen LogP contribution in [-0.2, 0) is 15.0 Å². The molecule has 224 valence electrons. The molecule has 3 aromatic rings. The lowest BCUT2D eigenvalue weighted by molar-refractivity contribution is -0.131. The number of halogens is 4. The fourth-order valence-electron chi connectivity index (χ4n) is 6.68. The van der Waals surface area contributed by atoms with E-state index in [2.05, 4.69) is 31.9 Å². The minimum absolute atomic E-state index is 0.0317. The molecular formula is C31H28BrCl2FN4O4. The topological polar surface area (TPSA) is 99.8 Å². The summed E-state index contributed by atoms with van der Waals surface area (Å²) >= 11 is 16.0. The zero-order valence-corrected chi connectivity index (χ0v) is 26.2. The van der Waals surface area contributed by atoms with Crippen LogP contribution in [0.5, 0.6) is 5.75 Å². The number of benzene rings is 3. The van der Waals surface area contributed by atoms with Crippen LogP contribution < -0.4 is 20.7 Å². The summed E-state index contributed by atoms with van der Waals surface area (Å²) in [6.45, 7) is 0.937. The van der Waals surface area contributed by atoms with Crippen molar-refractivity contribution in [3.8, 4) is 5.75 Å². The molecule has 3 atom stereocenters. The summed E-state index contributed by atoms with van der Waals surface area (Å²) in [5.41, 5.74) is 0.331. The number of hydrogen-bond donors (Lipinski definition) is 3. The second-order valence-corrected chi connectivity index (χ2v) is 12.7. The maximum atomic E-state index is 16.4. The van der Waals surface area contributed by atoms with Crippen molar-refractivity contribution in [2.24, 2.45) is 0 Å². The fraction of sp³-hybridized carbons (Fsp3) is 0.323. The van der Waals surface area contributed by atoms with E-state index in [0.717, 1.165) is 0 Å². The molecule has 1 spiro atoms. The van der Waals surface area contributed by atoms with Crippen LogP contribution in [0.15, 0.2) is 59.1 Å². The number of amides is 4. The summed E-state index contributed by atoms with van der Waals surface area (Å²) in [6.07, 6.45) is 0.706. The van der Waals surface area contributed by atoms with Gasteiger partial charge in [0.15, 0.2) is 0 Å². The molecule has 0 radical (unpaired) electrons. The Kier molecular flexibility index (Phi) is 8.04. The molecule has 43 heavy (non-hydrogen) atoms. The minimum Gasteiger partial charge on any atom is -0.490 e. The second-order valence-electron chi connectivity index (χ2n) is 11.0. The molecule has 0 aromatic heterocycles. The number of hydrogen-bond acceptors (Lipinski definition) is 4. The largest absolute Gasteiger partial charge is 0.490 e. The third-order valence-corrected chi connectivity index (χ3v) is 9.70. The number of rotatable bonds is 4. The predicted molar refractivity (Wildman–Crippen MR) is 165 cm³/mol. The van der Waals surface area contributed by atoms with Crippen molar-refractivity contribution >= 4 is 62.7 Å². The van der Waals surface area contributed by atoms with Crippen molar-refractivity contribution < 1.29 is 23.5 Å². The summed E-state index contributed by atoms with van der Waals surface area (Å²) in [6, 6.07) is 14.0. The molecule has 12 heteroatoms. The maximum absolute atomic E-state index is 16.4. The van der Waals surface area contributed by atoms with Gasteiger partial charge < -0.3 is 25.6 Å². The van der Waals surface area contributed by atoms with E-state index in [9.17, 15) is 14.4 Å². The first kappa shape index (κ1) is 29.7. The summed E-state index contributed by atoms with van der Waals surface area (Å²) < 4.78 is 23.0. The minimum atomic E-state index is -1.47. The molecule has 2 saturated heterocycles. The van der Waals surface area contributed by atoms with Crippen molar-refractivity contribution in [2.75, 3.05) is 25.5 Å². The number of ether oxygens (including phenoxy) is 1. The highest BCUT2D eigenvalue weighted by molar-refractivity contribution is 9.10. The molecule has 0 aliphatic carbocycles. The van der Waals surface area contributed by atoms with Gasteiger partial charge in [-0.2, -0.15) is 0 Å². The first-order chi connectivity index (χ1) is 20.6. The lowest BCUT2D eigenvalue weighted by atomic mass is 9.59. The third-order valence-electron chi connectivity index (χ3n) is 8.62. The Hall–Kier alpha value is -3.34. The van der Waals surface area contributed by atoms with Crippen molar-refractivity contribution in [3.63, 3.8) is 0 Å². The number of anilines is 1. The van der Waals surface area contributed by atoms with E-state index < -0.39 is 29.1 Å². The van der Waals surface area contributed by atoms with Gasteiger partial charge in [-0.05, 0) is 63.5 Å². The van der Waals surface area contributed by atoms with Gasteiger partial charge in [0.1, 0.15) is 23.1 Å². The van der Waals surface area contributed by atoms with Gasteiger partial charge in [-0.3, -0.25) is 9.59 Å². The number of fused-ring (bicyclic) bond motifs is 2. The normalized spacial score (nSPS) is 23.5. The summed E-state index contributed by atoms with van der Waals surface area (Å²) in [4.78, 5) is 41.6. The fourth-order valence-corrected chi connectivity index (χ4v) is 7.40. The first-order valence-electron chi connectivity index (χ1n) is 13.9. The van der Waals surface area contributed by atoms with Gasteiger partial charge >= 0.3 is 6.03 Å². The zero-order chi connectivity index (χ0) is 30.5. The molecule has 3 aliphatic rings. The number of likely N-dealkylation sites (tertiary alicyclic amines) is 1. The highest BCUT2D eigenvalue weighted by atomic mass is 79.9. The van der Waals surface area contributed by atoms with Crippen molar-refractivity contribution in [2.45, 2.75) is 42.7 Å². The van der Waals surface area contributed by atoms with Crippen molar-refractivity contribution in [1.29, 1.82) is 0 Å². The van der Waals surface area contributed by atoms with E-state index in [1.807, 2.05) is 6.07 Å².